The predicted molar refractivity (Wildman–Crippen MR) is 52.8 cm³/mol. The molecule has 2 N–H and O–H groups in total. The molecule has 0 radical (unpaired) electrons. The Bertz CT molecular complexity index is 354. The number of amides is 1. The number of aliphatic carboxylic acids is 1. The molecule has 1 rings (SSSR count). The van der Waals surface area contributed by atoms with Gasteiger partial charge in [-0.15, -0.1) is 0 Å². The molecule has 14 heavy (non-hydrogen) atoms. The lowest BCUT2D eigenvalue weighted by molar-refractivity contribution is -0.131. The van der Waals surface area contributed by atoms with Crippen molar-refractivity contribution in [3.05, 3.63) is 35.9 Å². The van der Waals surface area contributed by atoms with Gasteiger partial charge in [0.05, 0.1) is 0 Å². The summed E-state index contributed by atoms with van der Waals surface area (Å²) in [5.74, 6) is -0.986. The van der Waals surface area contributed by atoms with Crippen LogP contribution in [0.25, 0.3) is 6.08 Å². The molecule has 4 heteroatoms. The van der Waals surface area contributed by atoms with Gasteiger partial charge in [-0.2, -0.15) is 0 Å². The first-order chi connectivity index (χ1) is 6.72. The summed E-state index contributed by atoms with van der Waals surface area (Å²) in [6.07, 6.45) is 3.12. The number of carbonyl (C=O) groups excluding carboxylic acids is 1. The van der Waals surface area contributed by atoms with E-state index >= 15 is 0 Å². The van der Waals surface area contributed by atoms with Gasteiger partial charge < -0.3 is 10.4 Å². The zero-order valence-corrected chi connectivity index (χ0v) is 7.31. The highest BCUT2D eigenvalue weighted by Gasteiger charge is 1.91. The molecule has 0 aliphatic rings. The van der Waals surface area contributed by atoms with E-state index in [4.69, 9.17) is 5.11 Å². The van der Waals surface area contributed by atoms with Crippen LogP contribution in [-0.4, -0.2) is 17.5 Å². The van der Waals surface area contributed by atoms with Gasteiger partial charge in [-0.3, -0.25) is 4.79 Å². The average Bonchev–Trinajstić information content (AvgIpc) is 2.17. The second kappa shape index (κ2) is 4.81. The molecule has 0 atom stereocenters. The number of hydrogen-bond acceptors (Lipinski definition) is 2. The monoisotopic (exact) mass is 191 g/mol. The highest BCUT2D eigenvalue weighted by Crippen LogP contribution is 2.09. The molecule has 0 aliphatic heterocycles. The van der Waals surface area contributed by atoms with Crippen molar-refractivity contribution in [2.45, 2.75) is 0 Å². The zero-order valence-electron chi connectivity index (χ0n) is 7.31. The second-order valence-electron chi connectivity index (χ2n) is 2.56. The summed E-state index contributed by atoms with van der Waals surface area (Å²) in [5, 5.41) is 10.8. The molecular weight excluding hydrogens is 182 g/mol. The first-order valence-electron chi connectivity index (χ1n) is 3.93. The first-order valence-corrected chi connectivity index (χ1v) is 3.93. The second-order valence-corrected chi connectivity index (χ2v) is 2.56. The van der Waals surface area contributed by atoms with Gasteiger partial charge in [-0.1, -0.05) is 12.1 Å². The van der Waals surface area contributed by atoms with Crippen molar-refractivity contribution in [3.8, 4) is 0 Å². The Morgan fingerprint density at radius 1 is 1.29 bits per heavy atom. The van der Waals surface area contributed by atoms with Crippen LogP contribution in [0.15, 0.2) is 30.3 Å². The summed E-state index contributed by atoms with van der Waals surface area (Å²) in [6, 6.07) is 6.81. The number of carboxylic acids is 1. The maximum absolute atomic E-state index is 10.2. The van der Waals surface area contributed by atoms with E-state index in [9.17, 15) is 9.59 Å². The van der Waals surface area contributed by atoms with Gasteiger partial charge in [0.15, 0.2) is 0 Å². The Balaban J connectivity index is 2.73. The standard InChI is InChI=1S/C10H9NO3/c12-7-11-9-4-1-8(2-5-9)3-6-10(13)14/h1-7H,(H,11,12)(H,13,14)/b6-3+. The largest absolute Gasteiger partial charge is 0.478 e. The molecular formula is C10H9NO3. The predicted octanol–water partition coefficient (Wildman–Crippen LogP) is 1.35. The Labute approximate surface area is 80.9 Å². The van der Waals surface area contributed by atoms with Crippen LogP contribution in [-0.2, 0) is 9.59 Å². The van der Waals surface area contributed by atoms with Gasteiger partial charge in [-0.25, -0.2) is 4.79 Å². The lowest BCUT2D eigenvalue weighted by Gasteiger charge is -1.97. The van der Waals surface area contributed by atoms with E-state index in [-0.39, 0.29) is 0 Å². The van der Waals surface area contributed by atoms with Crippen LogP contribution in [0.2, 0.25) is 0 Å². The fourth-order valence-electron chi connectivity index (χ4n) is 0.926. The Morgan fingerprint density at radius 3 is 2.43 bits per heavy atom. The van der Waals surface area contributed by atoms with Crippen molar-refractivity contribution < 1.29 is 14.7 Å². The van der Waals surface area contributed by atoms with Gasteiger partial charge in [0.25, 0.3) is 0 Å². The highest BCUT2D eigenvalue weighted by atomic mass is 16.4. The third-order valence-electron chi connectivity index (χ3n) is 1.55. The Kier molecular flexibility index (Phi) is 3.43. The zero-order chi connectivity index (χ0) is 10.4. The van der Waals surface area contributed by atoms with Gasteiger partial charge >= 0.3 is 5.97 Å². The summed E-state index contributed by atoms with van der Waals surface area (Å²) in [4.78, 5) is 20.3. The minimum absolute atomic E-state index is 0.585. The number of carbonyl (C=O) groups is 2. The maximum atomic E-state index is 10.2. The SMILES string of the molecule is O=CNc1ccc(/C=C/C(=O)O)cc1. The van der Waals surface area contributed by atoms with Gasteiger partial charge in [0.1, 0.15) is 0 Å². The van der Waals surface area contributed by atoms with Crippen LogP contribution in [0.3, 0.4) is 0 Å². The number of rotatable bonds is 4. The fraction of sp³-hybridized carbons (Fsp3) is 0. The van der Waals surface area contributed by atoms with Crippen LogP contribution < -0.4 is 5.32 Å². The van der Waals surface area contributed by atoms with E-state index in [2.05, 4.69) is 5.32 Å². The third-order valence-corrected chi connectivity index (χ3v) is 1.55. The third kappa shape index (κ3) is 3.10. The number of anilines is 1. The normalized spacial score (nSPS) is 10.0. The van der Waals surface area contributed by atoms with Crippen molar-refractivity contribution in [2.24, 2.45) is 0 Å². The number of benzene rings is 1. The molecule has 1 amide bonds. The van der Waals surface area contributed by atoms with Gasteiger partial charge in [-0.05, 0) is 23.8 Å². The highest BCUT2D eigenvalue weighted by molar-refractivity contribution is 5.85. The topological polar surface area (TPSA) is 66.4 Å². The van der Waals surface area contributed by atoms with Crippen LogP contribution in [0, 0.1) is 0 Å². The molecule has 0 saturated carbocycles. The van der Waals surface area contributed by atoms with Crippen molar-refractivity contribution in [2.75, 3.05) is 5.32 Å². The van der Waals surface area contributed by atoms with Crippen LogP contribution in [0.4, 0.5) is 5.69 Å². The smallest absolute Gasteiger partial charge is 0.328 e. The number of hydrogen-bond donors (Lipinski definition) is 2. The number of nitrogens with one attached hydrogen (secondary N) is 1. The summed E-state index contributed by atoms with van der Waals surface area (Å²) < 4.78 is 0. The number of carboxylic acid groups (broad SMARTS) is 1. The molecule has 1 aromatic carbocycles. The van der Waals surface area contributed by atoms with E-state index in [0.717, 1.165) is 11.6 Å². The van der Waals surface area contributed by atoms with Gasteiger partial charge in [0.2, 0.25) is 6.41 Å². The van der Waals surface area contributed by atoms with Crippen molar-refractivity contribution in [1.82, 2.24) is 0 Å². The molecule has 0 bridgehead atoms. The van der Waals surface area contributed by atoms with E-state index < -0.39 is 5.97 Å². The summed E-state index contributed by atoms with van der Waals surface area (Å²) >= 11 is 0. The lowest BCUT2D eigenvalue weighted by Crippen LogP contribution is -1.92. The first kappa shape index (κ1) is 9.98. The Morgan fingerprint density at radius 2 is 1.93 bits per heavy atom. The quantitative estimate of drug-likeness (QED) is 0.557. The van der Waals surface area contributed by atoms with Crippen molar-refractivity contribution in [3.63, 3.8) is 0 Å². The van der Waals surface area contributed by atoms with E-state index in [1.165, 1.54) is 6.08 Å². The van der Waals surface area contributed by atoms with Crippen LogP contribution >= 0.6 is 0 Å². The molecule has 0 aromatic heterocycles. The van der Waals surface area contributed by atoms with E-state index in [0.29, 0.717) is 12.1 Å². The van der Waals surface area contributed by atoms with Crippen molar-refractivity contribution in [1.29, 1.82) is 0 Å². The van der Waals surface area contributed by atoms with Crippen molar-refractivity contribution >= 4 is 24.1 Å². The Hall–Kier alpha value is -2.10. The molecule has 4 nitrogen and oxygen atoms in total. The molecule has 0 spiro atoms. The maximum Gasteiger partial charge on any atom is 0.328 e. The molecule has 0 saturated heterocycles. The summed E-state index contributed by atoms with van der Waals surface area (Å²) in [5.41, 5.74) is 1.44. The lowest BCUT2D eigenvalue weighted by atomic mass is 10.2. The molecule has 1 aromatic rings. The molecule has 0 unspecified atom stereocenters. The molecule has 72 valence electrons. The summed E-state index contributed by atoms with van der Waals surface area (Å²) in [7, 11) is 0. The molecule has 0 fully saturated rings. The van der Waals surface area contributed by atoms with E-state index in [1.54, 1.807) is 24.3 Å². The average molecular weight is 191 g/mol. The minimum Gasteiger partial charge on any atom is -0.478 e. The molecule has 0 heterocycles. The van der Waals surface area contributed by atoms with Gasteiger partial charge in [0, 0.05) is 11.8 Å². The minimum atomic E-state index is -0.986. The summed E-state index contributed by atoms with van der Waals surface area (Å²) in [6.45, 7) is 0. The van der Waals surface area contributed by atoms with E-state index in [1.807, 2.05) is 0 Å². The fourth-order valence-corrected chi connectivity index (χ4v) is 0.926. The molecule has 0 aliphatic carbocycles. The van der Waals surface area contributed by atoms with Crippen LogP contribution in [0.5, 0.6) is 0 Å². The van der Waals surface area contributed by atoms with Crippen LogP contribution in [0.1, 0.15) is 5.56 Å².